The Labute approximate surface area is 147 Å². The largest absolute Gasteiger partial charge is 0.495 e. The number of rotatable bonds is 6. The van der Waals surface area contributed by atoms with Gasteiger partial charge in [0.05, 0.1) is 12.4 Å². The molecular formula is C16H27INO4. The fourth-order valence-electron chi connectivity index (χ4n) is 2.93. The van der Waals surface area contributed by atoms with Crippen LogP contribution in [0, 0.1) is 0 Å². The maximum absolute atomic E-state index is 12.3. The first-order valence-electron chi connectivity index (χ1n) is 7.58. The highest BCUT2D eigenvalue weighted by molar-refractivity contribution is 14.1. The molecule has 5 nitrogen and oxygen atoms in total. The van der Waals surface area contributed by atoms with Crippen molar-refractivity contribution in [2.45, 2.75) is 75.0 Å². The molecule has 0 aliphatic carbocycles. The fourth-order valence-corrected chi connectivity index (χ4v) is 3.11. The molecule has 6 heteroatoms. The minimum atomic E-state index is -0.462. The molecule has 0 saturated carbocycles. The summed E-state index contributed by atoms with van der Waals surface area (Å²) < 4.78 is 10.9. The summed E-state index contributed by atoms with van der Waals surface area (Å²) in [4.78, 5) is 11.4. The van der Waals surface area contributed by atoms with Crippen LogP contribution in [0.5, 0.6) is 0 Å². The maximum atomic E-state index is 12.3. The van der Waals surface area contributed by atoms with E-state index in [1.54, 1.807) is 6.92 Å². The molecule has 22 heavy (non-hydrogen) atoms. The first-order valence-corrected chi connectivity index (χ1v) is 8.83. The Morgan fingerprint density at radius 3 is 2.27 bits per heavy atom. The Bertz CT molecular complexity index is 402. The standard InChI is InChI=1S/C16H27INO4/c1-11(7-8-21-14(19)12(2)17)22-13-9-15(3,4)18(20)16(5,6)10-13/h12-13H,1,7-10H2,2-6H3. The number of ether oxygens (including phenoxy) is 2. The van der Waals surface area contributed by atoms with E-state index < -0.39 is 11.1 Å². The SMILES string of the molecule is C=C(CCOC(=O)C(C)I)OC1CC(C)(C)N([O])C(C)(C)C1. The zero-order chi connectivity index (χ0) is 17.1. The van der Waals surface area contributed by atoms with E-state index in [9.17, 15) is 10.0 Å². The van der Waals surface area contributed by atoms with Crippen LogP contribution >= 0.6 is 22.6 Å². The normalized spacial score (nSPS) is 22.9. The van der Waals surface area contributed by atoms with Gasteiger partial charge in [-0.05, 0) is 34.6 Å². The second-order valence-electron chi connectivity index (χ2n) is 7.14. The molecule has 0 N–H and O–H groups in total. The molecule has 1 aliphatic rings. The number of esters is 1. The van der Waals surface area contributed by atoms with Crippen LogP contribution in [-0.2, 0) is 19.5 Å². The molecule has 1 saturated heterocycles. The number of piperidine rings is 1. The monoisotopic (exact) mass is 424 g/mol. The van der Waals surface area contributed by atoms with E-state index in [0.717, 1.165) is 0 Å². The summed E-state index contributed by atoms with van der Waals surface area (Å²) in [6.07, 6.45) is 1.75. The van der Waals surface area contributed by atoms with Crippen LogP contribution in [0.15, 0.2) is 12.3 Å². The van der Waals surface area contributed by atoms with Crippen molar-refractivity contribution < 1.29 is 19.5 Å². The third-order valence-electron chi connectivity index (χ3n) is 3.84. The predicted molar refractivity (Wildman–Crippen MR) is 93.0 cm³/mol. The van der Waals surface area contributed by atoms with Gasteiger partial charge in [-0.25, -0.2) is 0 Å². The minimum Gasteiger partial charge on any atom is -0.495 e. The Morgan fingerprint density at radius 2 is 1.82 bits per heavy atom. The Hall–Kier alpha value is -0.340. The number of nitrogens with zero attached hydrogens (tertiary/aromatic N) is 1. The Balaban J connectivity index is 2.46. The molecule has 1 heterocycles. The van der Waals surface area contributed by atoms with Crippen LogP contribution in [0.1, 0.15) is 53.9 Å². The topological polar surface area (TPSA) is 58.7 Å². The number of carbonyl (C=O) groups is 1. The molecule has 1 aliphatic heterocycles. The van der Waals surface area contributed by atoms with Crippen molar-refractivity contribution in [1.82, 2.24) is 5.06 Å². The molecule has 1 fully saturated rings. The zero-order valence-corrected chi connectivity index (χ0v) is 16.3. The summed E-state index contributed by atoms with van der Waals surface area (Å²) in [5, 5.41) is 13.5. The number of halogens is 1. The van der Waals surface area contributed by atoms with E-state index in [2.05, 4.69) is 6.58 Å². The van der Waals surface area contributed by atoms with Gasteiger partial charge in [0.15, 0.2) is 0 Å². The molecular weight excluding hydrogens is 397 g/mol. The number of alkyl halides is 1. The Morgan fingerprint density at radius 1 is 1.32 bits per heavy atom. The van der Waals surface area contributed by atoms with Crippen molar-refractivity contribution in [2.24, 2.45) is 0 Å². The van der Waals surface area contributed by atoms with Crippen molar-refractivity contribution >= 4 is 28.6 Å². The smallest absolute Gasteiger partial charge is 0.318 e. The quantitative estimate of drug-likeness (QED) is 0.283. The van der Waals surface area contributed by atoms with Gasteiger partial charge in [-0.1, -0.05) is 29.2 Å². The van der Waals surface area contributed by atoms with Gasteiger partial charge in [0.25, 0.3) is 0 Å². The van der Waals surface area contributed by atoms with Gasteiger partial charge >= 0.3 is 5.97 Å². The summed E-state index contributed by atoms with van der Waals surface area (Å²) in [5.74, 6) is 0.375. The minimum absolute atomic E-state index is 0.0399. The lowest BCUT2D eigenvalue weighted by Gasteiger charge is -2.49. The summed E-state index contributed by atoms with van der Waals surface area (Å²) in [6.45, 7) is 13.7. The van der Waals surface area contributed by atoms with Crippen LogP contribution in [0.4, 0.5) is 0 Å². The number of hydroxylamine groups is 2. The van der Waals surface area contributed by atoms with E-state index in [1.807, 2.05) is 50.3 Å². The van der Waals surface area contributed by atoms with Gasteiger partial charge in [0.1, 0.15) is 10.0 Å². The van der Waals surface area contributed by atoms with Gasteiger partial charge < -0.3 is 9.47 Å². The first-order chi connectivity index (χ1) is 9.95. The molecule has 127 valence electrons. The van der Waals surface area contributed by atoms with Crippen LogP contribution in [0.25, 0.3) is 0 Å². The van der Waals surface area contributed by atoms with Crippen LogP contribution < -0.4 is 0 Å². The highest BCUT2D eigenvalue weighted by Crippen LogP contribution is 2.38. The van der Waals surface area contributed by atoms with E-state index in [1.165, 1.54) is 5.06 Å². The van der Waals surface area contributed by atoms with E-state index in [-0.39, 0.29) is 22.6 Å². The molecule has 1 atom stereocenters. The average Bonchev–Trinajstić information content (AvgIpc) is 2.34. The van der Waals surface area contributed by atoms with Gasteiger partial charge in [0, 0.05) is 30.3 Å². The fraction of sp³-hybridized carbons (Fsp3) is 0.812. The maximum Gasteiger partial charge on any atom is 0.318 e. The predicted octanol–water partition coefficient (Wildman–Crippen LogP) is 3.64. The molecule has 0 bridgehead atoms. The molecule has 0 amide bonds. The molecule has 0 aromatic carbocycles. The molecule has 0 aromatic rings. The Kier molecular flexibility index (Phi) is 6.71. The molecule has 0 spiro atoms. The van der Waals surface area contributed by atoms with E-state index in [0.29, 0.717) is 25.0 Å². The van der Waals surface area contributed by atoms with Gasteiger partial charge in [-0.2, -0.15) is 0 Å². The number of hydrogen-bond donors (Lipinski definition) is 0. The van der Waals surface area contributed by atoms with Crippen molar-refractivity contribution in [1.29, 1.82) is 0 Å². The molecule has 1 rings (SSSR count). The lowest BCUT2D eigenvalue weighted by atomic mass is 9.80. The molecule has 0 aromatic heterocycles. The summed E-state index contributed by atoms with van der Waals surface area (Å²) in [6, 6.07) is 0. The van der Waals surface area contributed by atoms with Crippen molar-refractivity contribution in [3.05, 3.63) is 12.3 Å². The van der Waals surface area contributed by atoms with Crippen LogP contribution in [0.2, 0.25) is 0 Å². The lowest BCUT2D eigenvalue weighted by molar-refractivity contribution is -0.299. The highest BCUT2D eigenvalue weighted by atomic mass is 127. The second-order valence-corrected chi connectivity index (χ2v) is 9.01. The van der Waals surface area contributed by atoms with E-state index in [4.69, 9.17) is 9.47 Å². The number of hydrogen-bond acceptors (Lipinski definition) is 4. The summed E-state index contributed by atoms with van der Waals surface area (Å²) in [5.41, 5.74) is -0.925. The molecule has 1 unspecified atom stereocenters. The van der Waals surface area contributed by atoms with Crippen molar-refractivity contribution in [3.8, 4) is 0 Å². The van der Waals surface area contributed by atoms with Crippen LogP contribution in [0.3, 0.4) is 0 Å². The molecule has 1 radical (unpaired) electrons. The van der Waals surface area contributed by atoms with Gasteiger partial charge in [-0.15, -0.1) is 10.3 Å². The van der Waals surface area contributed by atoms with Crippen LogP contribution in [-0.4, -0.2) is 38.7 Å². The summed E-state index contributed by atoms with van der Waals surface area (Å²) in [7, 11) is 0. The van der Waals surface area contributed by atoms with Gasteiger partial charge in [-0.3, -0.25) is 4.79 Å². The third kappa shape index (κ3) is 5.38. The zero-order valence-electron chi connectivity index (χ0n) is 14.1. The lowest BCUT2D eigenvalue weighted by Crippen LogP contribution is -2.59. The van der Waals surface area contributed by atoms with E-state index >= 15 is 0 Å². The number of carbonyl (C=O) groups excluding carboxylic acids is 1. The first kappa shape index (κ1) is 19.7. The average molecular weight is 424 g/mol. The van der Waals surface area contributed by atoms with Gasteiger partial charge in [0.2, 0.25) is 0 Å². The third-order valence-corrected chi connectivity index (χ3v) is 4.35. The summed E-state index contributed by atoms with van der Waals surface area (Å²) >= 11 is 2.02. The highest BCUT2D eigenvalue weighted by Gasteiger charge is 2.47. The second kappa shape index (κ2) is 7.49. The van der Waals surface area contributed by atoms with Crippen molar-refractivity contribution in [2.75, 3.05) is 6.61 Å². The van der Waals surface area contributed by atoms with Crippen molar-refractivity contribution in [3.63, 3.8) is 0 Å².